The van der Waals surface area contributed by atoms with Crippen LogP contribution in [0.25, 0.3) is 66.8 Å². The molecule has 5 nitrogen and oxygen atoms in total. The second kappa shape index (κ2) is 22.2. The van der Waals surface area contributed by atoms with Crippen molar-refractivity contribution in [2.75, 3.05) is 26.3 Å². The van der Waals surface area contributed by atoms with Crippen molar-refractivity contribution in [2.45, 2.75) is 73.1 Å². The second-order valence-corrected chi connectivity index (χ2v) is 25.0. The summed E-state index contributed by atoms with van der Waals surface area (Å²) in [7, 11) is 0. The van der Waals surface area contributed by atoms with Gasteiger partial charge >= 0.3 is 0 Å². The van der Waals surface area contributed by atoms with Gasteiger partial charge in [0, 0.05) is 51.2 Å². The number of nitrogens with zero attached hydrogens (tertiary/aromatic N) is 5. The Morgan fingerprint density at radius 3 is 1.59 bits per heavy atom. The normalized spacial score (nSPS) is 14.3. The molecule has 0 spiro atoms. The Balaban J connectivity index is 1.00. The lowest BCUT2D eigenvalue weighted by atomic mass is 9.85. The molecule has 12 aromatic rings. The van der Waals surface area contributed by atoms with Crippen LogP contribution >= 0.6 is 0 Å². The Hall–Kier alpha value is -10.2. The molecular formula is C83H73N5. The van der Waals surface area contributed by atoms with Gasteiger partial charge < -0.3 is 14.7 Å². The smallest absolute Gasteiger partial charge is 0.137 e. The van der Waals surface area contributed by atoms with Gasteiger partial charge in [-0.3, -0.25) is 4.90 Å². The van der Waals surface area contributed by atoms with Crippen molar-refractivity contribution in [2.24, 2.45) is 0 Å². The number of pyridine rings is 1. The van der Waals surface area contributed by atoms with Gasteiger partial charge in [-0.25, -0.2) is 4.98 Å². The van der Waals surface area contributed by atoms with Gasteiger partial charge in [0.2, 0.25) is 0 Å². The van der Waals surface area contributed by atoms with E-state index in [1.807, 2.05) is 92.5 Å². The molecule has 1 aromatic heterocycles. The van der Waals surface area contributed by atoms with Gasteiger partial charge in [-0.15, -0.1) is 0 Å². The van der Waals surface area contributed by atoms with E-state index in [1.165, 1.54) is 5.56 Å². The van der Waals surface area contributed by atoms with Crippen LogP contribution in [0.2, 0.25) is 0 Å². The monoisotopic (exact) mass is 1150 g/mol. The number of anilines is 10. The molecule has 5 heteroatoms. The largest absolute Gasteiger partial charge is 0.321 e. The number of rotatable bonds is 10. The average Bonchev–Trinajstić information content (AvgIpc) is 1.30. The van der Waals surface area contributed by atoms with Crippen molar-refractivity contribution in [1.82, 2.24) is 4.98 Å². The van der Waals surface area contributed by atoms with Gasteiger partial charge in [-0.1, -0.05) is 223 Å². The lowest BCUT2D eigenvalue weighted by Crippen LogP contribution is -2.26. The first kappa shape index (κ1) is 45.1. The third-order valence-corrected chi connectivity index (χ3v) is 17.6. The zero-order valence-corrected chi connectivity index (χ0v) is 51.1. The molecule has 2 aliphatic rings. The third kappa shape index (κ3) is 10.0. The minimum Gasteiger partial charge on any atom is -0.321 e. The molecule has 88 heavy (non-hydrogen) atoms. The van der Waals surface area contributed by atoms with Gasteiger partial charge in [-0.2, -0.15) is 0 Å². The number of fused-ring (bicyclic) bond motifs is 6. The van der Waals surface area contributed by atoms with Crippen LogP contribution in [0.4, 0.5) is 57.0 Å². The van der Waals surface area contributed by atoms with Gasteiger partial charge in [0.25, 0.3) is 0 Å². The van der Waals surface area contributed by atoms with E-state index in [0.29, 0.717) is 28.1 Å². The summed E-state index contributed by atoms with van der Waals surface area (Å²) in [5.74, 6) is 0.771. The van der Waals surface area contributed by atoms with Crippen molar-refractivity contribution >= 4 is 57.0 Å². The predicted octanol–water partition coefficient (Wildman–Crippen LogP) is 23.1. The van der Waals surface area contributed by atoms with E-state index >= 15 is 0 Å². The van der Waals surface area contributed by atoms with Crippen LogP contribution in [0.5, 0.6) is 0 Å². The summed E-state index contributed by atoms with van der Waals surface area (Å²) in [5, 5.41) is 0. The van der Waals surface area contributed by atoms with Crippen LogP contribution < -0.4 is 19.6 Å². The van der Waals surface area contributed by atoms with Crippen LogP contribution in [0.3, 0.4) is 0 Å². The summed E-state index contributed by atoms with van der Waals surface area (Å²) in [6, 6.07) is 65.5. The zero-order chi connectivity index (χ0) is 69.1. The molecule has 0 saturated heterocycles. The molecule has 11 aromatic carbocycles. The third-order valence-electron chi connectivity index (χ3n) is 17.6. The Morgan fingerprint density at radius 2 is 0.955 bits per heavy atom. The van der Waals surface area contributed by atoms with Crippen molar-refractivity contribution in [1.29, 1.82) is 0 Å². The van der Waals surface area contributed by atoms with Crippen molar-refractivity contribution in [3.8, 4) is 66.8 Å². The molecule has 430 valence electrons. The van der Waals surface area contributed by atoms with Crippen LogP contribution in [-0.2, 0) is 10.8 Å². The molecule has 0 saturated carbocycles. The standard InChI is InChI=1S/C83H73N5/c1-55-56(2)79(60-28-16-11-17-29-60)81(80(57(55)3)61-30-18-12-19-31-61)86-54-85(75-36-24-25-37-76(75)86)68-48-63(58-26-14-10-15-27-58)49-69(52-68)87(66-32-20-13-21-33-66)67-43-44-72-70-34-22-23-35-71(70)73-50-62(59-38-41-64(42-39-59)82(4,5)6)40-45-74(73)88(77(72)53-67)78-51-65(46-47-84-78)83(7,8)9/h10-53H,54H2,1-9H3/i11D,12D,16D,17D,18D,19D,28D,29D,30D,31D. The lowest BCUT2D eigenvalue weighted by Gasteiger charge is -2.32. The first-order valence-corrected chi connectivity index (χ1v) is 30.1. The van der Waals surface area contributed by atoms with Crippen molar-refractivity contribution in [3.05, 3.63) is 295 Å². The first-order chi connectivity index (χ1) is 46.8. The highest BCUT2D eigenvalue weighted by Crippen LogP contribution is 2.56. The molecule has 3 heterocycles. The van der Waals surface area contributed by atoms with E-state index in [2.05, 4.69) is 196 Å². The highest BCUT2D eigenvalue weighted by atomic mass is 15.4. The fraction of sp³-hybridized carbons (Fsp3) is 0.145. The number of aromatic nitrogens is 1. The second-order valence-electron chi connectivity index (χ2n) is 25.0. The topological polar surface area (TPSA) is 25.9 Å². The van der Waals surface area contributed by atoms with Gasteiger partial charge in [0.1, 0.15) is 12.5 Å². The number of hydrogen-bond donors (Lipinski definition) is 0. The summed E-state index contributed by atoms with van der Waals surface area (Å²) in [6.07, 6.45) is 1.92. The molecule has 0 atom stereocenters. The summed E-state index contributed by atoms with van der Waals surface area (Å²) >= 11 is 0. The molecule has 0 aliphatic carbocycles. The summed E-state index contributed by atoms with van der Waals surface area (Å²) in [4.78, 5) is 14.1. The van der Waals surface area contributed by atoms with Crippen molar-refractivity contribution in [3.63, 3.8) is 0 Å². The van der Waals surface area contributed by atoms with E-state index < -0.39 is 60.4 Å². The van der Waals surface area contributed by atoms with E-state index in [9.17, 15) is 5.48 Å². The SMILES string of the molecule is [2H]c1c([2H])c([2H])c(-c2c(C)c(C)c(C)c(-c3c([2H])c([2H])c([2H])c([2H])c3[2H])c2N2CN(c3cc(-c4ccccc4)cc(N(c4ccccc4)c4ccc5c(c4)N(c4cc(C(C)(C)C)ccn4)c4ccc(-c6ccc(C(C)(C)C)cc6)cc4-c4ccccc4-5)c3)c3ccccc32)c([2H])c1[2H]. The quantitative estimate of drug-likeness (QED) is 0.136. The summed E-state index contributed by atoms with van der Waals surface area (Å²) in [6.45, 7) is 19.0. The molecular weight excluding hydrogens is 1070 g/mol. The predicted molar refractivity (Wildman–Crippen MR) is 373 cm³/mol. The van der Waals surface area contributed by atoms with E-state index in [4.69, 9.17) is 13.2 Å². The molecule has 14 rings (SSSR count). The van der Waals surface area contributed by atoms with Crippen molar-refractivity contribution < 1.29 is 13.7 Å². The Bertz CT molecular complexity index is 5060. The van der Waals surface area contributed by atoms with Gasteiger partial charge in [0.15, 0.2) is 0 Å². The van der Waals surface area contributed by atoms with E-state index in [1.54, 1.807) is 0 Å². The molecule has 0 radical (unpaired) electrons. The van der Waals surface area contributed by atoms with Crippen LogP contribution in [-0.4, -0.2) is 11.7 Å². The van der Waals surface area contributed by atoms with Crippen LogP contribution in [0.15, 0.2) is 267 Å². The summed E-state index contributed by atoms with van der Waals surface area (Å²) in [5.41, 5.74) is 19.9. The summed E-state index contributed by atoms with van der Waals surface area (Å²) < 4.78 is 91.6. The Labute approximate surface area is 534 Å². The maximum atomic E-state index is 9.55. The maximum absolute atomic E-state index is 9.55. The number of hydrogen-bond acceptors (Lipinski definition) is 5. The molecule has 0 bridgehead atoms. The fourth-order valence-corrected chi connectivity index (χ4v) is 12.8. The van der Waals surface area contributed by atoms with Gasteiger partial charge in [0.05, 0.1) is 42.1 Å². The van der Waals surface area contributed by atoms with Crippen LogP contribution in [0, 0.1) is 20.8 Å². The molecule has 0 N–H and O–H groups in total. The Kier molecular flexibility index (Phi) is 11.4. The zero-order valence-electron chi connectivity index (χ0n) is 61.1. The highest BCUT2D eigenvalue weighted by molar-refractivity contribution is 6.05. The fourth-order valence-electron chi connectivity index (χ4n) is 12.8. The maximum Gasteiger partial charge on any atom is 0.137 e. The number of para-hydroxylation sites is 3. The molecule has 2 aliphatic heterocycles. The lowest BCUT2D eigenvalue weighted by molar-refractivity contribution is 0.589. The Morgan fingerprint density at radius 1 is 0.386 bits per heavy atom. The molecule has 0 fully saturated rings. The van der Waals surface area contributed by atoms with E-state index in [-0.39, 0.29) is 39.8 Å². The number of benzene rings is 11. The molecule has 0 amide bonds. The first-order valence-electron chi connectivity index (χ1n) is 35.1. The minimum absolute atomic E-state index is 0.00267. The highest BCUT2D eigenvalue weighted by Gasteiger charge is 2.35. The average molecular weight is 1150 g/mol. The van der Waals surface area contributed by atoms with Gasteiger partial charge in [-0.05, 0) is 183 Å². The molecule has 0 unspecified atom stereocenters. The van der Waals surface area contributed by atoms with E-state index in [0.717, 1.165) is 95.7 Å². The minimum atomic E-state index is -0.553. The van der Waals surface area contributed by atoms with Crippen LogP contribution in [0.1, 0.15) is 83.1 Å².